The molecule has 3 aromatic rings. The molecule has 0 atom stereocenters. The standard InChI is InChI=1S/C22H23N5O3/c1-14-7-10-23-18(13-14)24-20(28)15-8-11-27(12-9-15)22(30)19-16-5-3-4-6-17(16)21(29)26(2)25-19/h3-7,10,13,15H,8-9,11-12H2,1-2H3,(H,23,24,28). The molecule has 8 nitrogen and oxygen atoms in total. The Morgan fingerprint density at radius 1 is 1.10 bits per heavy atom. The highest BCUT2D eigenvalue weighted by molar-refractivity contribution is 6.04. The van der Waals surface area contributed by atoms with Crippen molar-refractivity contribution < 1.29 is 9.59 Å². The van der Waals surface area contributed by atoms with Gasteiger partial charge >= 0.3 is 0 Å². The molecule has 2 aromatic heterocycles. The average molecular weight is 405 g/mol. The van der Waals surface area contributed by atoms with Crippen molar-refractivity contribution in [1.82, 2.24) is 19.7 Å². The Morgan fingerprint density at radius 2 is 1.80 bits per heavy atom. The molecule has 1 aliphatic rings. The lowest BCUT2D eigenvalue weighted by molar-refractivity contribution is -0.121. The van der Waals surface area contributed by atoms with Gasteiger partial charge in [0.05, 0.1) is 5.39 Å². The highest BCUT2D eigenvalue weighted by Gasteiger charge is 2.29. The van der Waals surface area contributed by atoms with Crippen LogP contribution in [0, 0.1) is 12.8 Å². The van der Waals surface area contributed by atoms with Crippen molar-refractivity contribution >= 4 is 28.4 Å². The first-order chi connectivity index (χ1) is 14.4. The van der Waals surface area contributed by atoms with Gasteiger partial charge in [0.15, 0.2) is 5.69 Å². The molecule has 3 heterocycles. The van der Waals surface area contributed by atoms with E-state index in [0.29, 0.717) is 42.5 Å². The molecule has 0 radical (unpaired) electrons. The van der Waals surface area contributed by atoms with Gasteiger partial charge < -0.3 is 10.2 Å². The topological polar surface area (TPSA) is 97.2 Å². The third-order valence-corrected chi connectivity index (χ3v) is 5.48. The summed E-state index contributed by atoms with van der Waals surface area (Å²) in [5.74, 6) is 0.0625. The molecule has 154 valence electrons. The van der Waals surface area contributed by atoms with Crippen LogP contribution in [-0.4, -0.2) is 44.6 Å². The molecule has 1 fully saturated rings. The molecule has 8 heteroatoms. The fourth-order valence-corrected chi connectivity index (χ4v) is 3.79. The van der Waals surface area contributed by atoms with Gasteiger partial charge in [0.2, 0.25) is 5.91 Å². The summed E-state index contributed by atoms with van der Waals surface area (Å²) in [5.41, 5.74) is 1.06. The van der Waals surface area contributed by atoms with Crippen LogP contribution < -0.4 is 10.9 Å². The highest BCUT2D eigenvalue weighted by atomic mass is 16.2. The predicted molar refractivity (Wildman–Crippen MR) is 113 cm³/mol. The zero-order chi connectivity index (χ0) is 21.3. The number of nitrogens with zero attached hydrogens (tertiary/aromatic N) is 4. The zero-order valence-corrected chi connectivity index (χ0v) is 17.0. The molecule has 1 aromatic carbocycles. The molecule has 30 heavy (non-hydrogen) atoms. The van der Waals surface area contributed by atoms with Crippen LogP contribution in [-0.2, 0) is 11.8 Å². The Labute approximate surface area is 173 Å². The van der Waals surface area contributed by atoms with Gasteiger partial charge in [0.1, 0.15) is 5.82 Å². The lowest BCUT2D eigenvalue weighted by atomic mass is 9.95. The first-order valence-corrected chi connectivity index (χ1v) is 9.93. The van der Waals surface area contributed by atoms with Crippen LogP contribution in [0.4, 0.5) is 5.82 Å². The molecular formula is C22H23N5O3. The number of carbonyl (C=O) groups is 2. The van der Waals surface area contributed by atoms with Crippen molar-refractivity contribution in [3.8, 4) is 0 Å². The van der Waals surface area contributed by atoms with E-state index in [-0.39, 0.29) is 29.0 Å². The highest BCUT2D eigenvalue weighted by Crippen LogP contribution is 2.22. The third kappa shape index (κ3) is 3.80. The van der Waals surface area contributed by atoms with E-state index in [0.717, 1.165) is 5.56 Å². The Kier molecular flexibility index (Phi) is 5.31. The Morgan fingerprint density at radius 3 is 2.50 bits per heavy atom. The first-order valence-electron chi connectivity index (χ1n) is 9.93. The van der Waals surface area contributed by atoms with E-state index in [9.17, 15) is 14.4 Å². The van der Waals surface area contributed by atoms with Crippen molar-refractivity contribution in [3.05, 3.63) is 64.2 Å². The number of benzene rings is 1. The number of likely N-dealkylation sites (tertiary alicyclic amines) is 1. The number of aryl methyl sites for hydroxylation is 2. The smallest absolute Gasteiger partial charge is 0.274 e. The molecule has 4 rings (SSSR count). The van der Waals surface area contributed by atoms with Crippen LogP contribution in [0.5, 0.6) is 0 Å². The van der Waals surface area contributed by atoms with Crippen molar-refractivity contribution in [2.45, 2.75) is 19.8 Å². The minimum absolute atomic E-state index is 0.0779. The normalized spacial score (nSPS) is 14.7. The molecular weight excluding hydrogens is 382 g/mol. The number of piperidine rings is 1. The second kappa shape index (κ2) is 8.06. The van der Waals surface area contributed by atoms with Gasteiger partial charge in [0, 0.05) is 37.6 Å². The van der Waals surface area contributed by atoms with Crippen LogP contribution in [0.25, 0.3) is 10.8 Å². The number of hydrogen-bond donors (Lipinski definition) is 1. The van der Waals surface area contributed by atoms with Crippen LogP contribution in [0.3, 0.4) is 0 Å². The summed E-state index contributed by atoms with van der Waals surface area (Å²) in [4.78, 5) is 43.9. The van der Waals surface area contributed by atoms with Gasteiger partial charge in [-0.15, -0.1) is 0 Å². The average Bonchev–Trinajstić information content (AvgIpc) is 2.76. The largest absolute Gasteiger partial charge is 0.337 e. The number of hydrogen-bond acceptors (Lipinski definition) is 5. The van der Waals surface area contributed by atoms with E-state index >= 15 is 0 Å². The third-order valence-electron chi connectivity index (χ3n) is 5.48. The van der Waals surface area contributed by atoms with E-state index in [1.165, 1.54) is 4.68 Å². The van der Waals surface area contributed by atoms with Crippen molar-refractivity contribution in [2.75, 3.05) is 18.4 Å². The van der Waals surface area contributed by atoms with E-state index < -0.39 is 0 Å². The molecule has 1 N–H and O–H groups in total. The molecule has 0 bridgehead atoms. The molecule has 2 amide bonds. The lowest BCUT2D eigenvalue weighted by Gasteiger charge is -2.31. The number of nitrogens with one attached hydrogen (secondary N) is 1. The Balaban J connectivity index is 1.46. The second-order valence-electron chi connectivity index (χ2n) is 7.60. The summed E-state index contributed by atoms with van der Waals surface area (Å²) in [6, 6.07) is 10.7. The summed E-state index contributed by atoms with van der Waals surface area (Å²) in [7, 11) is 1.54. The molecule has 1 aliphatic heterocycles. The molecule has 1 saturated heterocycles. The number of aromatic nitrogens is 3. The van der Waals surface area contributed by atoms with E-state index in [2.05, 4.69) is 15.4 Å². The fraction of sp³-hybridized carbons (Fsp3) is 0.318. The van der Waals surface area contributed by atoms with Gasteiger partial charge in [-0.1, -0.05) is 18.2 Å². The van der Waals surface area contributed by atoms with Crippen LogP contribution in [0.1, 0.15) is 28.9 Å². The minimum atomic E-state index is -0.234. The van der Waals surface area contributed by atoms with E-state index in [1.807, 2.05) is 19.1 Å². The predicted octanol–water partition coefficient (Wildman–Crippen LogP) is 2.13. The van der Waals surface area contributed by atoms with E-state index in [4.69, 9.17) is 0 Å². The Bertz CT molecular complexity index is 1180. The number of anilines is 1. The number of amides is 2. The van der Waals surface area contributed by atoms with Gasteiger partial charge in [-0.25, -0.2) is 9.67 Å². The second-order valence-corrected chi connectivity index (χ2v) is 7.60. The number of carbonyl (C=O) groups excluding carboxylic acids is 2. The SMILES string of the molecule is Cc1ccnc(NC(=O)C2CCN(C(=O)c3nn(C)c(=O)c4ccccc34)CC2)c1. The lowest BCUT2D eigenvalue weighted by Crippen LogP contribution is -2.42. The fourth-order valence-electron chi connectivity index (χ4n) is 3.79. The van der Waals surface area contributed by atoms with Crippen molar-refractivity contribution in [3.63, 3.8) is 0 Å². The molecule has 0 spiro atoms. The van der Waals surface area contributed by atoms with Crippen molar-refractivity contribution in [2.24, 2.45) is 13.0 Å². The first kappa shape index (κ1) is 19.8. The van der Waals surface area contributed by atoms with Gasteiger partial charge in [0.25, 0.3) is 11.5 Å². The molecule has 0 saturated carbocycles. The van der Waals surface area contributed by atoms with E-state index in [1.54, 1.807) is 42.4 Å². The summed E-state index contributed by atoms with van der Waals surface area (Å²) < 4.78 is 1.20. The van der Waals surface area contributed by atoms with Gasteiger partial charge in [-0.3, -0.25) is 14.4 Å². The van der Waals surface area contributed by atoms with Crippen LogP contribution in [0.2, 0.25) is 0 Å². The number of rotatable bonds is 3. The number of pyridine rings is 1. The number of fused-ring (bicyclic) bond motifs is 1. The molecule has 0 unspecified atom stereocenters. The van der Waals surface area contributed by atoms with Gasteiger partial charge in [-0.05, 0) is 43.5 Å². The maximum atomic E-state index is 13.1. The van der Waals surface area contributed by atoms with Crippen LogP contribution in [0.15, 0.2) is 47.4 Å². The Hall–Kier alpha value is -3.55. The van der Waals surface area contributed by atoms with Gasteiger partial charge in [-0.2, -0.15) is 5.10 Å². The summed E-state index contributed by atoms with van der Waals surface area (Å²) in [6.45, 7) is 2.85. The van der Waals surface area contributed by atoms with Crippen molar-refractivity contribution in [1.29, 1.82) is 0 Å². The summed E-state index contributed by atoms with van der Waals surface area (Å²) >= 11 is 0. The molecule has 0 aliphatic carbocycles. The zero-order valence-electron chi connectivity index (χ0n) is 17.0. The summed E-state index contributed by atoms with van der Waals surface area (Å²) in [5, 5.41) is 8.10. The summed E-state index contributed by atoms with van der Waals surface area (Å²) in [6.07, 6.45) is 2.79. The quantitative estimate of drug-likeness (QED) is 0.720. The van der Waals surface area contributed by atoms with Crippen LogP contribution >= 0.6 is 0 Å². The monoisotopic (exact) mass is 405 g/mol. The maximum absolute atomic E-state index is 13.1. The minimum Gasteiger partial charge on any atom is -0.337 e. The maximum Gasteiger partial charge on any atom is 0.274 e.